The van der Waals surface area contributed by atoms with Gasteiger partial charge in [-0.1, -0.05) is 13.0 Å². The molecular formula is C16H20N2O2. The number of aromatic nitrogens is 1. The zero-order chi connectivity index (χ0) is 14.2. The van der Waals surface area contributed by atoms with E-state index < -0.39 is 0 Å². The van der Waals surface area contributed by atoms with Gasteiger partial charge in [0.25, 0.3) is 0 Å². The van der Waals surface area contributed by atoms with Gasteiger partial charge in [-0.2, -0.15) is 0 Å². The minimum atomic E-state index is 0.603. The second-order valence-corrected chi connectivity index (χ2v) is 4.42. The van der Waals surface area contributed by atoms with Gasteiger partial charge in [0.15, 0.2) is 0 Å². The fourth-order valence-electron chi connectivity index (χ4n) is 1.77. The van der Waals surface area contributed by atoms with Crippen LogP contribution in [0.25, 0.3) is 0 Å². The van der Waals surface area contributed by atoms with Crippen molar-refractivity contribution in [2.24, 2.45) is 0 Å². The normalized spacial score (nSPS) is 10.3. The zero-order valence-corrected chi connectivity index (χ0v) is 11.9. The predicted octanol–water partition coefficient (Wildman–Crippen LogP) is 3.38. The third kappa shape index (κ3) is 4.24. The van der Waals surface area contributed by atoms with Crippen LogP contribution >= 0.6 is 0 Å². The van der Waals surface area contributed by atoms with E-state index in [0.29, 0.717) is 5.88 Å². The Morgan fingerprint density at radius 1 is 1.05 bits per heavy atom. The van der Waals surface area contributed by atoms with Crippen LogP contribution in [-0.4, -0.2) is 18.6 Å². The van der Waals surface area contributed by atoms with Crippen molar-refractivity contribution in [3.63, 3.8) is 0 Å². The molecule has 2 rings (SSSR count). The zero-order valence-electron chi connectivity index (χ0n) is 11.9. The monoisotopic (exact) mass is 272 g/mol. The van der Waals surface area contributed by atoms with Gasteiger partial charge in [0.2, 0.25) is 5.88 Å². The summed E-state index contributed by atoms with van der Waals surface area (Å²) in [6.45, 7) is 3.89. The number of hydrogen-bond acceptors (Lipinski definition) is 4. The lowest BCUT2D eigenvalue weighted by molar-refractivity contribution is 0.412. The standard InChI is InChI=1S/C16H20N2O2/c1-3-11-17-12-13-5-4-6-16(18-13)20-15-9-7-14(19-2)8-10-15/h4-10,17H,3,11-12H2,1-2H3. The molecule has 4 nitrogen and oxygen atoms in total. The van der Waals surface area contributed by atoms with Gasteiger partial charge in [-0.3, -0.25) is 0 Å². The van der Waals surface area contributed by atoms with Crippen molar-refractivity contribution in [1.29, 1.82) is 0 Å². The highest BCUT2D eigenvalue weighted by Gasteiger charge is 2.01. The summed E-state index contributed by atoms with van der Waals surface area (Å²) in [5.41, 5.74) is 0.976. The molecule has 0 aliphatic carbocycles. The molecule has 0 aliphatic rings. The molecule has 0 bridgehead atoms. The Balaban J connectivity index is 1.99. The third-order valence-electron chi connectivity index (χ3n) is 2.80. The number of benzene rings is 1. The van der Waals surface area contributed by atoms with E-state index >= 15 is 0 Å². The Hall–Kier alpha value is -2.07. The SMILES string of the molecule is CCCNCc1cccc(Oc2ccc(OC)cc2)n1. The summed E-state index contributed by atoms with van der Waals surface area (Å²) < 4.78 is 10.8. The molecule has 1 N–H and O–H groups in total. The number of ether oxygens (including phenoxy) is 2. The van der Waals surface area contributed by atoms with Crippen LogP contribution in [0, 0.1) is 0 Å². The van der Waals surface area contributed by atoms with Crippen LogP contribution in [0.1, 0.15) is 19.0 Å². The molecule has 0 amide bonds. The predicted molar refractivity (Wildman–Crippen MR) is 79.3 cm³/mol. The molecule has 1 heterocycles. The van der Waals surface area contributed by atoms with Crippen molar-refractivity contribution in [2.75, 3.05) is 13.7 Å². The Morgan fingerprint density at radius 3 is 2.50 bits per heavy atom. The molecule has 1 aromatic heterocycles. The minimum absolute atomic E-state index is 0.603. The number of pyridine rings is 1. The lowest BCUT2D eigenvalue weighted by Crippen LogP contribution is -2.14. The summed E-state index contributed by atoms with van der Waals surface area (Å²) in [7, 11) is 1.64. The van der Waals surface area contributed by atoms with Gasteiger partial charge in [-0.15, -0.1) is 0 Å². The molecule has 0 saturated heterocycles. The highest BCUT2D eigenvalue weighted by Crippen LogP contribution is 2.22. The average Bonchev–Trinajstić information content (AvgIpc) is 2.49. The molecule has 2 aromatic rings. The summed E-state index contributed by atoms with van der Waals surface area (Å²) in [5.74, 6) is 2.16. The van der Waals surface area contributed by atoms with E-state index in [1.54, 1.807) is 7.11 Å². The Morgan fingerprint density at radius 2 is 1.80 bits per heavy atom. The Bertz CT molecular complexity index is 526. The molecule has 4 heteroatoms. The third-order valence-corrected chi connectivity index (χ3v) is 2.80. The summed E-state index contributed by atoms with van der Waals surface area (Å²) in [4.78, 5) is 4.47. The van der Waals surface area contributed by atoms with Crippen molar-refractivity contribution in [2.45, 2.75) is 19.9 Å². The topological polar surface area (TPSA) is 43.4 Å². The van der Waals surface area contributed by atoms with Gasteiger partial charge in [0.1, 0.15) is 11.5 Å². The van der Waals surface area contributed by atoms with Crippen molar-refractivity contribution in [3.05, 3.63) is 48.2 Å². The number of hydrogen-bond donors (Lipinski definition) is 1. The molecule has 0 fully saturated rings. The molecule has 20 heavy (non-hydrogen) atoms. The molecule has 106 valence electrons. The maximum atomic E-state index is 5.73. The van der Waals surface area contributed by atoms with Gasteiger partial charge < -0.3 is 14.8 Å². The van der Waals surface area contributed by atoms with E-state index in [0.717, 1.165) is 36.7 Å². The van der Waals surface area contributed by atoms with Crippen LogP contribution in [0.4, 0.5) is 0 Å². The van der Waals surface area contributed by atoms with Gasteiger partial charge >= 0.3 is 0 Å². The van der Waals surface area contributed by atoms with E-state index in [2.05, 4.69) is 17.2 Å². The number of methoxy groups -OCH3 is 1. The molecule has 0 aliphatic heterocycles. The lowest BCUT2D eigenvalue weighted by atomic mass is 10.3. The molecular weight excluding hydrogens is 252 g/mol. The van der Waals surface area contributed by atoms with Crippen molar-refractivity contribution in [3.8, 4) is 17.4 Å². The molecule has 1 aromatic carbocycles. The van der Waals surface area contributed by atoms with Crippen LogP contribution in [0.3, 0.4) is 0 Å². The van der Waals surface area contributed by atoms with Crippen molar-refractivity contribution in [1.82, 2.24) is 10.3 Å². The fourth-order valence-corrected chi connectivity index (χ4v) is 1.77. The molecule has 0 saturated carbocycles. The largest absolute Gasteiger partial charge is 0.497 e. The maximum absolute atomic E-state index is 5.73. The minimum Gasteiger partial charge on any atom is -0.497 e. The van der Waals surface area contributed by atoms with E-state index in [-0.39, 0.29) is 0 Å². The highest BCUT2D eigenvalue weighted by atomic mass is 16.5. The maximum Gasteiger partial charge on any atom is 0.219 e. The van der Waals surface area contributed by atoms with E-state index in [1.165, 1.54) is 0 Å². The van der Waals surface area contributed by atoms with Crippen molar-refractivity contribution >= 4 is 0 Å². The van der Waals surface area contributed by atoms with Crippen LogP contribution in [-0.2, 0) is 6.54 Å². The van der Waals surface area contributed by atoms with E-state index in [1.807, 2.05) is 42.5 Å². The van der Waals surface area contributed by atoms with Crippen LogP contribution in [0.2, 0.25) is 0 Å². The van der Waals surface area contributed by atoms with Crippen LogP contribution in [0.15, 0.2) is 42.5 Å². The summed E-state index contributed by atoms with van der Waals surface area (Å²) >= 11 is 0. The Kier molecular flexibility index (Phi) is 5.38. The van der Waals surface area contributed by atoms with Crippen LogP contribution in [0.5, 0.6) is 17.4 Å². The van der Waals surface area contributed by atoms with Gasteiger partial charge in [-0.05, 0) is 43.3 Å². The first-order valence-corrected chi connectivity index (χ1v) is 6.80. The second kappa shape index (κ2) is 7.50. The summed E-state index contributed by atoms with van der Waals surface area (Å²) in [5, 5.41) is 3.32. The Labute approximate surface area is 119 Å². The van der Waals surface area contributed by atoms with E-state index in [4.69, 9.17) is 9.47 Å². The quantitative estimate of drug-likeness (QED) is 0.785. The lowest BCUT2D eigenvalue weighted by Gasteiger charge is -2.08. The van der Waals surface area contributed by atoms with Crippen LogP contribution < -0.4 is 14.8 Å². The first-order valence-electron chi connectivity index (χ1n) is 6.80. The second-order valence-electron chi connectivity index (χ2n) is 4.42. The van der Waals surface area contributed by atoms with E-state index in [9.17, 15) is 0 Å². The van der Waals surface area contributed by atoms with Gasteiger partial charge in [-0.25, -0.2) is 4.98 Å². The first kappa shape index (κ1) is 14.3. The molecule has 0 atom stereocenters. The van der Waals surface area contributed by atoms with Gasteiger partial charge in [0.05, 0.1) is 12.8 Å². The molecule has 0 radical (unpaired) electrons. The van der Waals surface area contributed by atoms with Crippen molar-refractivity contribution < 1.29 is 9.47 Å². The summed E-state index contributed by atoms with van der Waals surface area (Å²) in [6.07, 6.45) is 1.11. The highest BCUT2D eigenvalue weighted by molar-refractivity contribution is 5.33. The smallest absolute Gasteiger partial charge is 0.219 e. The molecule has 0 unspecified atom stereocenters. The number of nitrogens with zero attached hydrogens (tertiary/aromatic N) is 1. The molecule has 0 spiro atoms. The fraction of sp³-hybridized carbons (Fsp3) is 0.312. The van der Waals surface area contributed by atoms with Gasteiger partial charge in [0, 0.05) is 12.6 Å². The first-order chi connectivity index (χ1) is 9.81. The average molecular weight is 272 g/mol. The number of rotatable bonds is 7. The summed E-state index contributed by atoms with van der Waals surface area (Å²) in [6, 6.07) is 13.3. The number of nitrogens with one attached hydrogen (secondary N) is 1.